The van der Waals surface area contributed by atoms with Crippen molar-refractivity contribution in [3.8, 4) is 17.2 Å². The van der Waals surface area contributed by atoms with Gasteiger partial charge in [0, 0.05) is 12.0 Å². The van der Waals surface area contributed by atoms with Crippen LogP contribution in [0.25, 0.3) is 0 Å². The maximum Gasteiger partial charge on any atom is 0.437 e. The summed E-state index contributed by atoms with van der Waals surface area (Å²) in [4.78, 5) is 4.32. The van der Waals surface area contributed by atoms with Gasteiger partial charge >= 0.3 is 6.18 Å². The molecule has 0 saturated carbocycles. The number of alkyl halides is 3. The van der Waals surface area contributed by atoms with Gasteiger partial charge in [0.25, 0.3) is 0 Å². The highest BCUT2D eigenvalue weighted by atomic mass is 19.4. The van der Waals surface area contributed by atoms with Crippen molar-refractivity contribution in [1.29, 1.82) is 0 Å². The zero-order valence-corrected chi connectivity index (χ0v) is 19.5. The molecule has 0 aliphatic rings. The van der Waals surface area contributed by atoms with Crippen LogP contribution >= 0.6 is 0 Å². The molecule has 1 atom stereocenters. The number of benzene rings is 2. The number of rotatable bonds is 11. The highest BCUT2D eigenvalue weighted by molar-refractivity contribution is 6.04. The van der Waals surface area contributed by atoms with Gasteiger partial charge in [-0.3, -0.25) is 0 Å². The smallest absolute Gasteiger partial charge is 0.437 e. The molecule has 0 spiro atoms. The number of halogens is 3. The van der Waals surface area contributed by atoms with Crippen LogP contribution in [-0.4, -0.2) is 38.3 Å². The second-order valence-corrected chi connectivity index (χ2v) is 7.48. The van der Waals surface area contributed by atoms with Crippen LogP contribution in [-0.2, 0) is 4.84 Å². The van der Waals surface area contributed by atoms with Gasteiger partial charge in [-0.25, -0.2) is 0 Å². The molecule has 0 bridgehead atoms. The van der Waals surface area contributed by atoms with Crippen molar-refractivity contribution >= 4 is 5.71 Å². The average Bonchev–Trinajstić information content (AvgIpc) is 2.74. The summed E-state index contributed by atoms with van der Waals surface area (Å²) in [7, 11) is 1.07. The molecule has 33 heavy (non-hydrogen) atoms. The van der Waals surface area contributed by atoms with E-state index in [1.165, 1.54) is 24.3 Å². The molecule has 0 amide bonds. The van der Waals surface area contributed by atoms with Crippen molar-refractivity contribution in [3.05, 3.63) is 65.2 Å². The van der Waals surface area contributed by atoms with E-state index < -0.39 is 11.9 Å². The third-order valence-corrected chi connectivity index (χ3v) is 4.70. The third-order valence-electron chi connectivity index (χ3n) is 4.70. The summed E-state index contributed by atoms with van der Waals surface area (Å²) >= 11 is 0. The Morgan fingerprint density at radius 3 is 2.21 bits per heavy atom. The Morgan fingerprint density at radius 1 is 1.03 bits per heavy atom. The summed E-state index contributed by atoms with van der Waals surface area (Å²) in [5.41, 5.74) is 0.763. The molecule has 1 unspecified atom stereocenters. The van der Waals surface area contributed by atoms with E-state index >= 15 is 0 Å². The number of ether oxygens (including phenoxy) is 3. The lowest BCUT2D eigenvalue weighted by atomic mass is 10.1. The molecule has 0 N–H and O–H groups in total. The minimum absolute atomic E-state index is 0.100. The van der Waals surface area contributed by atoms with Crippen LogP contribution in [0.3, 0.4) is 0 Å². The lowest BCUT2D eigenvalue weighted by Crippen LogP contribution is -2.24. The minimum atomic E-state index is -4.61. The Hall–Kier alpha value is -3.16. The fourth-order valence-electron chi connectivity index (χ4n) is 3.13. The predicted octanol–water partition coefficient (Wildman–Crippen LogP) is 6.41. The maximum atomic E-state index is 13.1. The number of oxime groups is 1. The van der Waals surface area contributed by atoms with E-state index in [0.29, 0.717) is 25.4 Å². The SMILES string of the molecule is C/C=C/COc1cc(C)c(OCCC(C)Oc2ccc(/C(=N/OC)C(F)(F)F)cc2)c(C)c1. The molecule has 0 fully saturated rings. The van der Waals surface area contributed by atoms with Crippen molar-refractivity contribution in [3.63, 3.8) is 0 Å². The van der Waals surface area contributed by atoms with Gasteiger partial charge in [0.05, 0.1) is 12.7 Å². The Morgan fingerprint density at radius 2 is 1.67 bits per heavy atom. The molecule has 0 aromatic heterocycles. The number of nitrogens with zero attached hydrogens (tertiary/aromatic N) is 1. The van der Waals surface area contributed by atoms with Crippen LogP contribution in [0.4, 0.5) is 13.2 Å². The van der Waals surface area contributed by atoms with Gasteiger partial charge in [0.15, 0.2) is 5.71 Å². The Balaban J connectivity index is 1.91. The summed E-state index contributed by atoms with van der Waals surface area (Å²) in [6, 6.07) is 9.44. The summed E-state index contributed by atoms with van der Waals surface area (Å²) in [6.45, 7) is 8.70. The van der Waals surface area contributed by atoms with E-state index in [9.17, 15) is 13.2 Å². The number of hydrogen-bond donors (Lipinski definition) is 0. The largest absolute Gasteiger partial charge is 0.493 e. The predicted molar refractivity (Wildman–Crippen MR) is 122 cm³/mol. The summed E-state index contributed by atoms with van der Waals surface area (Å²) in [5.74, 6) is 2.06. The second kappa shape index (κ2) is 12.2. The fraction of sp³-hybridized carbons (Fsp3) is 0.400. The number of allylic oxidation sites excluding steroid dienone is 1. The Labute approximate surface area is 192 Å². The third kappa shape index (κ3) is 8.04. The molecule has 0 saturated heterocycles. The lowest BCUT2D eigenvalue weighted by molar-refractivity contribution is -0.0608. The molecule has 0 heterocycles. The van der Waals surface area contributed by atoms with Gasteiger partial charge in [-0.15, -0.1) is 0 Å². The van der Waals surface area contributed by atoms with Crippen molar-refractivity contribution in [2.24, 2.45) is 5.16 Å². The highest BCUT2D eigenvalue weighted by Gasteiger charge is 2.37. The lowest BCUT2D eigenvalue weighted by Gasteiger charge is -2.18. The summed E-state index contributed by atoms with van der Waals surface area (Å²) < 4.78 is 56.7. The molecule has 180 valence electrons. The first-order chi connectivity index (χ1) is 15.7. The molecular formula is C25H30F3NO4. The van der Waals surface area contributed by atoms with E-state index in [-0.39, 0.29) is 11.7 Å². The molecule has 0 aliphatic carbocycles. The van der Waals surface area contributed by atoms with Crippen LogP contribution in [0.1, 0.15) is 37.0 Å². The number of aryl methyl sites for hydroxylation is 2. The zero-order chi connectivity index (χ0) is 24.4. The summed E-state index contributed by atoms with van der Waals surface area (Å²) in [5, 5.41) is 3.09. The van der Waals surface area contributed by atoms with Crippen molar-refractivity contribution in [2.75, 3.05) is 20.3 Å². The topological polar surface area (TPSA) is 49.3 Å². The molecule has 2 aromatic rings. The molecule has 0 radical (unpaired) electrons. The monoisotopic (exact) mass is 465 g/mol. The quantitative estimate of drug-likeness (QED) is 0.219. The summed E-state index contributed by atoms with van der Waals surface area (Å²) in [6.07, 6.45) is -0.346. The van der Waals surface area contributed by atoms with Crippen LogP contribution < -0.4 is 14.2 Å². The highest BCUT2D eigenvalue weighted by Crippen LogP contribution is 2.29. The van der Waals surface area contributed by atoms with Crippen LogP contribution in [0.15, 0.2) is 53.7 Å². The van der Waals surface area contributed by atoms with E-state index in [1.807, 2.05) is 52.0 Å². The average molecular weight is 466 g/mol. The van der Waals surface area contributed by atoms with Gasteiger partial charge in [-0.2, -0.15) is 13.2 Å². The van der Waals surface area contributed by atoms with Gasteiger partial charge in [-0.05, 0) is 75.2 Å². The first kappa shape index (κ1) is 26.1. The Bertz CT molecular complexity index is 930. The van der Waals surface area contributed by atoms with E-state index in [0.717, 1.165) is 29.7 Å². The molecule has 0 aliphatic heterocycles. The fourth-order valence-corrected chi connectivity index (χ4v) is 3.13. The molecule has 8 heteroatoms. The normalized spacial score (nSPS) is 13.2. The van der Waals surface area contributed by atoms with Gasteiger partial charge in [0.2, 0.25) is 0 Å². The first-order valence-corrected chi connectivity index (χ1v) is 10.6. The van der Waals surface area contributed by atoms with Gasteiger partial charge < -0.3 is 19.0 Å². The van der Waals surface area contributed by atoms with Crippen molar-refractivity contribution < 1.29 is 32.2 Å². The second-order valence-electron chi connectivity index (χ2n) is 7.48. The first-order valence-electron chi connectivity index (χ1n) is 10.6. The molecule has 2 rings (SSSR count). The van der Waals surface area contributed by atoms with Crippen LogP contribution in [0.5, 0.6) is 17.2 Å². The maximum absolute atomic E-state index is 13.1. The number of hydrogen-bond acceptors (Lipinski definition) is 5. The van der Waals surface area contributed by atoms with Gasteiger partial charge in [0.1, 0.15) is 31.0 Å². The van der Waals surface area contributed by atoms with E-state index in [1.54, 1.807) is 0 Å². The Kier molecular flexibility index (Phi) is 9.63. The molecular weight excluding hydrogens is 435 g/mol. The van der Waals surface area contributed by atoms with Crippen molar-refractivity contribution in [2.45, 2.75) is 46.4 Å². The standard InChI is InChI=1S/C25H30F3NO4/c1-6-7-13-31-22-15-17(2)23(18(3)16-22)32-14-12-19(4)33-21-10-8-20(9-11-21)24(29-30-5)25(26,27)28/h6-11,15-16,19H,12-14H2,1-5H3/b7-6+,29-24-. The van der Waals surface area contributed by atoms with Crippen molar-refractivity contribution in [1.82, 2.24) is 0 Å². The van der Waals surface area contributed by atoms with Gasteiger partial charge in [-0.1, -0.05) is 17.3 Å². The molecule has 2 aromatic carbocycles. The molecule has 5 nitrogen and oxygen atoms in total. The van der Waals surface area contributed by atoms with Crippen LogP contribution in [0.2, 0.25) is 0 Å². The van der Waals surface area contributed by atoms with E-state index in [4.69, 9.17) is 14.2 Å². The minimum Gasteiger partial charge on any atom is -0.493 e. The zero-order valence-electron chi connectivity index (χ0n) is 19.5. The van der Waals surface area contributed by atoms with Crippen LogP contribution in [0, 0.1) is 13.8 Å². The van der Waals surface area contributed by atoms with E-state index in [2.05, 4.69) is 9.99 Å².